The van der Waals surface area contributed by atoms with Gasteiger partial charge in [0.1, 0.15) is 0 Å². The summed E-state index contributed by atoms with van der Waals surface area (Å²) in [5.74, 6) is 0.885. The van der Waals surface area contributed by atoms with Crippen molar-refractivity contribution in [1.82, 2.24) is 10.2 Å². The zero-order valence-corrected chi connectivity index (χ0v) is 10.6. The van der Waals surface area contributed by atoms with E-state index in [1.54, 1.807) is 0 Å². The fourth-order valence-electron chi connectivity index (χ4n) is 3.68. The first-order valence-electron chi connectivity index (χ1n) is 7.52. The second kappa shape index (κ2) is 4.22. The van der Waals surface area contributed by atoms with Gasteiger partial charge >= 0.3 is 0 Å². The Morgan fingerprint density at radius 3 is 2.65 bits per heavy atom. The van der Waals surface area contributed by atoms with Crippen LogP contribution in [-0.2, 0) is 4.74 Å². The summed E-state index contributed by atoms with van der Waals surface area (Å²) < 4.78 is 5.91. The number of ether oxygens (including phenoxy) is 1. The second-order valence-corrected chi connectivity index (χ2v) is 6.45. The topological polar surface area (TPSA) is 24.5 Å². The molecule has 4 rings (SSSR count). The van der Waals surface area contributed by atoms with E-state index >= 15 is 0 Å². The Kier molecular flexibility index (Phi) is 2.67. The van der Waals surface area contributed by atoms with Gasteiger partial charge in [0, 0.05) is 37.8 Å². The van der Waals surface area contributed by atoms with Gasteiger partial charge in [-0.1, -0.05) is 0 Å². The summed E-state index contributed by atoms with van der Waals surface area (Å²) in [6.07, 6.45) is 8.84. The van der Waals surface area contributed by atoms with E-state index in [0.717, 1.165) is 24.6 Å². The fraction of sp³-hybridized carbons (Fsp3) is 1.00. The highest BCUT2D eigenvalue weighted by molar-refractivity contribution is 4.97. The van der Waals surface area contributed by atoms with Gasteiger partial charge in [0.2, 0.25) is 0 Å². The van der Waals surface area contributed by atoms with Crippen molar-refractivity contribution in [1.29, 1.82) is 0 Å². The fourth-order valence-corrected chi connectivity index (χ4v) is 3.68. The van der Waals surface area contributed by atoms with Crippen molar-refractivity contribution in [3.8, 4) is 0 Å². The molecular weight excluding hydrogens is 212 g/mol. The third-order valence-corrected chi connectivity index (χ3v) is 4.96. The van der Waals surface area contributed by atoms with E-state index in [4.69, 9.17) is 4.74 Å². The average Bonchev–Trinajstić information content (AvgIpc) is 3.27. The highest BCUT2D eigenvalue weighted by Crippen LogP contribution is 2.39. The predicted octanol–water partition coefficient (Wildman–Crippen LogP) is 1.38. The first-order chi connectivity index (χ1) is 8.40. The first kappa shape index (κ1) is 10.8. The molecule has 2 aliphatic heterocycles. The van der Waals surface area contributed by atoms with Crippen molar-refractivity contribution in [2.75, 3.05) is 19.7 Å². The number of likely N-dealkylation sites (tertiary alicyclic amines) is 1. The number of hydrogen-bond acceptors (Lipinski definition) is 3. The average molecular weight is 236 g/mol. The molecule has 0 aromatic carbocycles. The smallest absolute Gasteiger partial charge is 0.0757 e. The molecule has 4 fully saturated rings. The number of hydrogen-bond donors (Lipinski definition) is 1. The Balaban J connectivity index is 1.31. The maximum Gasteiger partial charge on any atom is 0.0757 e. The Bertz CT molecular complexity index is 288. The lowest BCUT2D eigenvalue weighted by molar-refractivity contribution is 0.0790. The molecule has 0 bridgehead atoms. The summed E-state index contributed by atoms with van der Waals surface area (Å²) in [4.78, 5) is 2.69. The Morgan fingerprint density at radius 1 is 1.00 bits per heavy atom. The van der Waals surface area contributed by atoms with Crippen LogP contribution >= 0.6 is 0 Å². The van der Waals surface area contributed by atoms with Crippen LogP contribution in [0.5, 0.6) is 0 Å². The van der Waals surface area contributed by atoms with E-state index in [9.17, 15) is 0 Å². The molecule has 0 spiro atoms. The summed E-state index contributed by atoms with van der Waals surface area (Å²) >= 11 is 0. The minimum Gasteiger partial charge on any atom is -0.376 e. The van der Waals surface area contributed by atoms with E-state index in [2.05, 4.69) is 10.2 Å². The Labute approximate surface area is 104 Å². The highest BCUT2D eigenvalue weighted by atomic mass is 16.5. The van der Waals surface area contributed by atoms with Crippen LogP contribution in [0.3, 0.4) is 0 Å². The van der Waals surface area contributed by atoms with E-state index in [1.807, 2.05) is 0 Å². The molecule has 2 saturated heterocycles. The Morgan fingerprint density at radius 2 is 1.88 bits per heavy atom. The van der Waals surface area contributed by atoms with E-state index in [1.165, 1.54) is 51.6 Å². The quantitative estimate of drug-likeness (QED) is 0.798. The van der Waals surface area contributed by atoms with Gasteiger partial charge in [-0.25, -0.2) is 0 Å². The molecule has 0 aromatic rings. The lowest BCUT2D eigenvalue weighted by Crippen LogP contribution is -2.45. The lowest BCUT2D eigenvalue weighted by Gasteiger charge is -2.24. The van der Waals surface area contributed by atoms with Crippen molar-refractivity contribution in [2.45, 2.75) is 62.8 Å². The molecule has 2 aliphatic carbocycles. The third-order valence-electron chi connectivity index (χ3n) is 4.96. The SMILES string of the molecule is C1CC(NC2CCN(C3CC3)C2)C(C2CC2)O1. The summed E-state index contributed by atoms with van der Waals surface area (Å²) in [5.41, 5.74) is 0. The molecule has 0 amide bonds. The molecule has 0 aromatic heterocycles. The first-order valence-corrected chi connectivity index (χ1v) is 7.52. The van der Waals surface area contributed by atoms with Crippen LogP contribution in [0, 0.1) is 5.92 Å². The second-order valence-electron chi connectivity index (χ2n) is 6.45. The van der Waals surface area contributed by atoms with Crippen molar-refractivity contribution in [3.05, 3.63) is 0 Å². The van der Waals surface area contributed by atoms with Gasteiger partial charge < -0.3 is 10.1 Å². The monoisotopic (exact) mass is 236 g/mol. The zero-order valence-electron chi connectivity index (χ0n) is 10.6. The number of nitrogens with one attached hydrogen (secondary N) is 1. The maximum absolute atomic E-state index is 5.91. The minimum absolute atomic E-state index is 0.546. The van der Waals surface area contributed by atoms with Gasteiger partial charge in [-0.3, -0.25) is 4.90 Å². The van der Waals surface area contributed by atoms with Crippen LogP contribution in [0.1, 0.15) is 38.5 Å². The summed E-state index contributed by atoms with van der Waals surface area (Å²) in [6, 6.07) is 2.34. The molecule has 96 valence electrons. The highest BCUT2D eigenvalue weighted by Gasteiger charge is 2.42. The van der Waals surface area contributed by atoms with Crippen LogP contribution in [0.2, 0.25) is 0 Å². The van der Waals surface area contributed by atoms with Gasteiger partial charge in [-0.15, -0.1) is 0 Å². The molecule has 17 heavy (non-hydrogen) atoms. The molecule has 3 nitrogen and oxygen atoms in total. The van der Waals surface area contributed by atoms with Crippen molar-refractivity contribution >= 4 is 0 Å². The van der Waals surface area contributed by atoms with Gasteiger partial charge in [0.15, 0.2) is 0 Å². The van der Waals surface area contributed by atoms with Gasteiger partial charge in [-0.2, -0.15) is 0 Å². The molecule has 0 radical (unpaired) electrons. The van der Waals surface area contributed by atoms with Gasteiger partial charge in [0.05, 0.1) is 6.10 Å². The molecule has 2 saturated carbocycles. The minimum atomic E-state index is 0.546. The number of rotatable bonds is 4. The van der Waals surface area contributed by atoms with E-state index in [-0.39, 0.29) is 0 Å². The standard InChI is InChI=1S/C14H24N2O/c1-2-10(1)14-13(6-8-17-14)15-11-5-7-16(9-11)12-3-4-12/h10-15H,1-9H2. The van der Waals surface area contributed by atoms with Crippen LogP contribution in [0.15, 0.2) is 0 Å². The van der Waals surface area contributed by atoms with Crippen LogP contribution in [-0.4, -0.2) is 48.8 Å². The molecule has 3 atom stereocenters. The van der Waals surface area contributed by atoms with Crippen molar-refractivity contribution in [3.63, 3.8) is 0 Å². The molecule has 3 unspecified atom stereocenters. The van der Waals surface area contributed by atoms with Crippen LogP contribution in [0.4, 0.5) is 0 Å². The van der Waals surface area contributed by atoms with Crippen LogP contribution in [0.25, 0.3) is 0 Å². The molecule has 4 aliphatic rings. The zero-order chi connectivity index (χ0) is 11.2. The molecule has 2 heterocycles. The van der Waals surface area contributed by atoms with Gasteiger partial charge in [-0.05, 0) is 44.4 Å². The van der Waals surface area contributed by atoms with Crippen LogP contribution < -0.4 is 5.32 Å². The normalized spacial score (nSPS) is 43.4. The summed E-state index contributed by atoms with van der Waals surface area (Å²) in [7, 11) is 0. The lowest BCUT2D eigenvalue weighted by atomic mass is 10.0. The largest absolute Gasteiger partial charge is 0.376 e. The summed E-state index contributed by atoms with van der Waals surface area (Å²) in [5, 5.41) is 3.90. The third kappa shape index (κ3) is 2.25. The van der Waals surface area contributed by atoms with Gasteiger partial charge in [0.25, 0.3) is 0 Å². The summed E-state index contributed by atoms with van der Waals surface area (Å²) in [6.45, 7) is 3.60. The predicted molar refractivity (Wildman–Crippen MR) is 67.0 cm³/mol. The number of nitrogens with zero attached hydrogens (tertiary/aromatic N) is 1. The maximum atomic E-state index is 5.91. The van der Waals surface area contributed by atoms with E-state index < -0.39 is 0 Å². The van der Waals surface area contributed by atoms with Crippen molar-refractivity contribution < 1.29 is 4.74 Å². The Hall–Kier alpha value is -0.120. The van der Waals surface area contributed by atoms with Crippen molar-refractivity contribution in [2.24, 2.45) is 5.92 Å². The molecular formula is C14H24N2O. The molecule has 1 N–H and O–H groups in total. The molecule has 3 heteroatoms. The van der Waals surface area contributed by atoms with E-state index in [0.29, 0.717) is 12.1 Å².